The third-order valence-corrected chi connectivity index (χ3v) is 8.14. The van der Waals surface area contributed by atoms with Crippen molar-refractivity contribution in [2.75, 3.05) is 26.9 Å². The lowest BCUT2D eigenvalue weighted by Gasteiger charge is -2.25. The van der Waals surface area contributed by atoms with E-state index < -0.39 is 40.8 Å². The van der Waals surface area contributed by atoms with E-state index in [1.54, 1.807) is 39.0 Å². The number of aromatic nitrogens is 1. The van der Waals surface area contributed by atoms with Gasteiger partial charge in [0, 0.05) is 6.07 Å². The second-order valence-corrected chi connectivity index (χ2v) is 11.9. The lowest BCUT2D eigenvalue weighted by atomic mass is 9.95. The van der Waals surface area contributed by atoms with Gasteiger partial charge in [-0.25, -0.2) is 14.6 Å². The highest BCUT2D eigenvalue weighted by atomic mass is 79.9. The summed E-state index contributed by atoms with van der Waals surface area (Å²) in [5.41, 5.74) is 0.514. The van der Waals surface area contributed by atoms with Crippen LogP contribution in [0.1, 0.15) is 51.8 Å². The first-order valence-corrected chi connectivity index (χ1v) is 15.8. The number of carbonyl (C=O) groups is 2. The molecule has 3 aromatic rings. The van der Waals surface area contributed by atoms with Gasteiger partial charge in [0.1, 0.15) is 0 Å². The highest BCUT2D eigenvalue weighted by molar-refractivity contribution is 9.10. The summed E-state index contributed by atoms with van der Waals surface area (Å²) >= 11 is 4.34. The van der Waals surface area contributed by atoms with Crippen LogP contribution >= 0.6 is 27.3 Å². The van der Waals surface area contributed by atoms with Gasteiger partial charge < -0.3 is 23.7 Å². The molecule has 1 aromatic heterocycles. The summed E-state index contributed by atoms with van der Waals surface area (Å²) < 4.78 is 28.8. The molecule has 0 fully saturated rings. The molecule has 0 radical (unpaired) electrons. The Bertz CT molecular complexity index is 1900. The van der Waals surface area contributed by atoms with Crippen molar-refractivity contribution in [1.82, 2.24) is 4.57 Å². The quantitative estimate of drug-likeness (QED) is 0.151. The average Bonchev–Trinajstić information content (AvgIpc) is 3.29. The zero-order valence-electron chi connectivity index (χ0n) is 26.0. The predicted octanol–water partition coefficient (Wildman–Crippen LogP) is 4.21. The summed E-state index contributed by atoms with van der Waals surface area (Å²) in [6.07, 6.45) is 1.36. The molecular weight excluding hydrogens is 686 g/mol. The molecule has 4 rings (SSSR count). The fourth-order valence-electron chi connectivity index (χ4n) is 4.76. The van der Waals surface area contributed by atoms with E-state index in [4.69, 9.17) is 23.7 Å². The normalized spacial score (nSPS) is 14.4. The van der Waals surface area contributed by atoms with E-state index in [1.807, 2.05) is 13.8 Å². The van der Waals surface area contributed by atoms with E-state index >= 15 is 0 Å². The second kappa shape index (κ2) is 14.7. The van der Waals surface area contributed by atoms with Crippen molar-refractivity contribution in [3.63, 3.8) is 0 Å². The number of nitrogens with zero attached hydrogens (tertiary/aromatic N) is 3. The van der Waals surface area contributed by atoms with Gasteiger partial charge >= 0.3 is 17.6 Å². The van der Waals surface area contributed by atoms with E-state index in [0.29, 0.717) is 33.1 Å². The Morgan fingerprint density at radius 3 is 2.50 bits per heavy atom. The number of ether oxygens (including phenoxy) is 5. The van der Waals surface area contributed by atoms with E-state index in [2.05, 4.69) is 20.9 Å². The molecule has 0 aliphatic carbocycles. The van der Waals surface area contributed by atoms with Crippen LogP contribution in [-0.2, 0) is 19.1 Å². The van der Waals surface area contributed by atoms with Crippen molar-refractivity contribution in [1.29, 1.82) is 0 Å². The van der Waals surface area contributed by atoms with E-state index in [0.717, 1.165) is 11.3 Å². The number of rotatable bonds is 12. The van der Waals surface area contributed by atoms with Gasteiger partial charge in [-0.2, -0.15) is 0 Å². The van der Waals surface area contributed by atoms with Crippen LogP contribution in [0.4, 0.5) is 5.69 Å². The highest BCUT2D eigenvalue weighted by Gasteiger charge is 2.34. The standard InChI is InChI=1S/C31H32BrN3O10S/c1-7-42-25(36)15-44-28-20(32)11-18(12-21(28)35(39)40)13-24-29(37)34-27(19-9-10-22(45-16(3)4)23(14-19)41-6)26(30(38)43-8-2)17(5)33-31(34)46-24/h9-14,16,27H,7-8,15H2,1-6H3/b24-13+/t27-/m1/s1. The number of hydrogen-bond donors (Lipinski definition) is 0. The third kappa shape index (κ3) is 7.31. The van der Waals surface area contributed by atoms with Gasteiger partial charge in [0.15, 0.2) is 22.9 Å². The van der Waals surface area contributed by atoms with Crippen LogP contribution in [0.25, 0.3) is 6.08 Å². The van der Waals surface area contributed by atoms with Crippen molar-refractivity contribution in [2.24, 2.45) is 4.99 Å². The summed E-state index contributed by atoms with van der Waals surface area (Å²) in [6.45, 7) is 8.47. The first kappa shape index (κ1) is 34.4. The lowest BCUT2D eigenvalue weighted by molar-refractivity contribution is -0.385. The van der Waals surface area contributed by atoms with Gasteiger partial charge in [-0.05, 0) is 86.0 Å². The van der Waals surface area contributed by atoms with Crippen molar-refractivity contribution in [3.8, 4) is 17.2 Å². The number of methoxy groups -OCH3 is 1. The Morgan fingerprint density at radius 1 is 1.15 bits per heavy atom. The lowest BCUT2D eigenvalue weighted by Crippen LogP contribution is -2.40. The average molecular weight is 719 g/mol. The monoisotopic (exact) mass is 717 g/mol. The molecule has 1 aliphatic rings. The zero-order chi connectivity index (χ0) is 33.7. The number of fused-ring (bicyclic) bond motifs is 1. The maximum absolute atomic E-state index is 14.0. The molecule has 0 unspecified atom stereocenters. The number of halogens is 1. The van der Waals surface area contributed by atoms with Gasteiger partial charge in [0.05, 0.1) is 57.7 Å². The molecule has 244 valence electrons. The van der Waals surface area contributed by atoms with Crippen LogP contribution in [0.3, 0.4) is 0 Å². The fourth-order valence-corrected chi connectivity index (χ4v) is 6.39. The third-order valence-electron chi connectivity index (χ3n) is 6.56. The number of thiazole rings is 1. The molecule has 0 bridgehead atoms. The minimum absolute atomic E-state index is 0.115. The predicted molar refractivity (Wildman–Crippen MR) is 172 cm³/mol. The van der Waals surface area contributed by atoms with Crippen molar-refractivity contribution in [2.45, 2.75) is 46.8 Å². The minimum Gasteiger partial charge on any atom is -0.493 e. The van der Waals surface area contributed by atoms with Crippen LogP contribution in [-0.4, -0.2) is 54.5 Å². The molecule has 0 N–H and O–H groups in total. The van der Waals surface area contributed by atoms with Gasteiger partial charge in [0.2, 0.25) is 5.75 Å². The van der Waals surface area contributed by atoms with Gasteiger partial charge in [0.25, 0.3) is 5.56 Å². The number of esters is 2. The van der Waals surface area contributed by atoms with Crippen LogP contribution in [0.2, 0.25) is 0 Å². The molecule has 0 saturated carbocycles. The molecule has 0 amide bonds. The highest BCUT2D eigenvalue weighted by Crippen LogP contribution is 2.38. The number of benzene rings is 2. The molecule has 1 aliphatic heterocycles. The zero-order valence-corrected chi connectivity index (χ0v) is 28.4. The Kier molecular flexibility index (Phi) is 11.0. The topological polar surface area (TPSA) is 158 Å². The maximum atomic E-state index is 14.0. The number of hydrogen-bond acceptors (Lipinski definition) is 12. The Morgan fingerprint density at radius 2 is 1.87 bits per heavy atom. The molecule has 2 heterocycles. The summed E-state index contributed by atoms with van der Waals surface area (Å²) in [5, 5.41) is 11.9. The summed E-state index contributed by atoms with van der Waals surface area (Å²) in [5.74, 6) is -0.559. The first-order chi connectivity index (χ1) is 21.9. The van der Waals surface area contributed by atoms with Gasteiger partial charge in [-0.1, -0.05) is 17.4 Å². The van der Waals surface area contributed by atoms with E-state index in [1.165, 1.54) is 29.9 Å². The number of nitro groups is 1. The summed E-state index contributed by atoms with van der Waals surface area (Å²) in [7, 11) is 1.50. The van der Waals surface area contributed by atoms with Crippen LogP contribution in [0.5, 0.6) is 17.2 Å². The van der Waals surface area contributed by atoms with Crippen molar-refractivity contribution in [3.05, 3.63) is 87.0 Å². The first-order valence-electron chi connectivity index (χ1n) is 14.2. The number of carbonyl (C=O) groups excluding carboxylic acids is 2. The maximum Gasteiger partial charge on any atom is 0.344 e. The molecule has 0 saturated heterocycles. The van der Waals surface area contributed by atoms with Crippen molar-refractivity contribution >= 4 is 51.0 Å². The van der Waals surface area contributed by atoms with Crippen LogP contribution in [0, 0.1) is 10.1 Å². The van der Waals surface area contributed by atoms with Crippen LogP contribution in [0.15, 0.2) is 55.9 Å². The number of allylic oxidation sites excluding steroid dienone is 1. The fraction of sp³-hybridized carbons (Fsp3) is 0.355. The van der Waals surface area contributed by atoms with Gasteiger partial charge in [-0.3, -0.25) is 19.5 Å². The molecule has 13 nitrogen and oxygen atoms in total. The molecule has 15 heteroatoms. The van der Waals surface area contributed by atoms with Gasteiger partial charge in [-0.15, -0.1) is 0 Å². The molecule has 0 spiro atoms. The molecule has 1 atom stereocenters. The smallest absolute Gasteiger partial charge is 0.344 e. The SMILES string of the molecule is CCOC(=O)COc1c(Br)cc(/C=c2/sc3n(c2=O)[C@H](c2ccc(OC(C)C)c(OC)c2)C(C(=O)OCC)=C(C)N=3)cc1[N+](=O)[O-]. The van der Waals surface area contributed by atoms with Crippen molar-refractivity contribution < 1.29 is 38.2 Å². The van der Waals surface area contributed by atoms with E-state index in [-0.39, 0.29) is 39.6 Å². The summed E-state index contributed by atoms with van der Waals surface area (Å²) in [6, 6.07) is 7.00. The largest absolute Gasteiger partial charge is 0.493 e. The van der Waals surface area contributed by atoms with Crippen LogP contribution < -0.4 is 29.1 Å². The molecule has 46 heavy (non-hydrogen) atoms. The summed E-state index contributed by atoms with van der Waals surface area (Å²) in [4.78, 5) is 55.2. The molecule has 2 aromatic carbocycles. The second-order valence-electron chi connectivity index (χ2n) is 10.1. The number of nitro benzene ring substituents is 1. The Hall–Kier alpha value is -4.50. The minimum atomic E-state index is -0.917. The Labute approximate surface area is 276 Å². The Balaban J connectivity index is 1.88. The van der Waals surface area contributed by atoms with E-state index in [9.17, 15) is 24.5 Å². The molecular formula is C31H32BrN3O10S.